The Morgan fingerprint density at radius 1 is 1.23 bits per heavy atom. The maximum Gasteiger partial charge on any atom is 0.243 e. The Hall–Kier alpha value is -3.44. The first kappa shape index (κ1) is 26.2. The van der Waals surface area contributed by atoms with Crippen molar-refractivity contribution in [3.63, 3.8) is 0 Å². The highest BCUT2D eigenvalue weighted by atomic mass is 32.2. The number of likely N-dealkylation sites (tertiary alicyclic amines) is 1. The molecule has 0 aliphatic carbocycles. The predicted octanol–water partition coefficient (Wildman–Crippen LogP) is 0.843. The van der Waals surface area contributed by atoms with Crippen molar-refractivity contribution in [2.24, 2.45) is 10.9 Å². The van der Waals surface area contributed by atoms with Gasteiger partial charge in [-0.25, -0.2) is 13.1 Å². The summed E-state index contributed by atoms with van der Waals surface area (Å²) in [6, 6.07) is 12.3. The number of hydrogen-bond acceptors (Lipinski definition) is 7. The second-order valence-corrected chi connectivity index (χ2v) is 10.4. The minimum Gasteiger partial charge on any atom is -0.507 e. The standard InChI is InChI=1S/C24H31N5O5S/c1-2-35(33,34)28-20(13-17-7-4-3-5-8-17)24(32)29-12-6-9-21(29)23(31)26-15-18-10-11-19(16-27-25)22(30)14-18/h3-5,7-8,10-11,14,16,20-21,28,30H,2,6,9,12-13,15,25H2,1H3,(H,26,31)/t20-,21+/m1/s1. The smallest absolute Gasteiger partial charge is 0.243 e. The van der Waals surface area contributed by atoms with Crippen LogP contribution in [-0.4, -0.2) is 60.8 Å². The molecule has 10 nitrogen and oxygen atoms in total. The van der Waals surface area contributed by atoms with Gasteiger partial charge in [0.05, 0.1) is 12.0 Å². The van der Waals surface area contributed by atoms with Crippen molar-refractivity contribution >= 4 is 28.1 Å². The molecule has 0 saturated carbocycles. The fourth-order valence-corrected chi connectivity index (χ4v) is 4.81. The quantitative estimate of drug-likeness (QED) is 0.215. The predicted molar refractivity (Wildman–Crippen MR) is 133 cm³/mol. The van der Waals surface area contributed by atoms with Crippen LogP contribution >= 0.6 is 0 Å². The van der Waals surface area contributed by atoms with Gasteiger partial charge >= 0.3 is 0 Å². The van der Waals surface area contributed by atoms with Crippen LogP contribution in [0.2, 0.25) is 0 Å². The van der Waals surface area contributed by atoms with Gasteiger partial charge in [0.15, 0.2) is 0 Å². The summed E-state index contributed by atoms with van der Waals surface area (Å²) in [7, 11) is -3.65. The van der Waals surface area contributed by atoms with E-state index in [1.165, 1.54) is 24.1 Å². The van der Waals surface area contributed by atoms with Gasteiger partial charge in [0, 0.05) is 18.7 Å². The van der Waals surface area contributed by atoms with Crippen LogP contribution in [0.5, 0.6) is 5.75 Å². The second kappa shape index (κ2) is 11.8. The zero-order chi connectivity index (χ0) is 25.4. The summed E-state index contributed by atoms with van der Waals surface area (Å²) in [5.74, 6) is 4.18. The van der Waals surface area contributed by atoms with Gasteiger partial charge < -0.3 is 21.2 Å². The van der Waals surface area contributed by atoms with Gasteiger partial charge in [-0.3, -0.25) is 9.59 Å². The summed E-state index contributed by atoms with van der Waals surface area (Å²) < 4.78 is 27.1. The highest BCUT2D eigenvalue weighted by Crippen LogP contribution is 2.21. The zero-order valence-electron chi connectivity index (χ0n) is 19.6. The van der Waals surface area contributed by atoms with Crippen LogP contribution in [0, 0.1) is 0 Å². The van der Waals surface area contributed by atoms with Crippen LogP contribution in [-0.2, 0) is 32.6 Å². The third-order valence-corrected chi connectivity index (χ3v) is 7.30. The summed E-state index contributed by atoms with van der Waals surface area (Å²) in [5.41, 5.74) is 1.93. The minimum atomic E-state index is -3.65. The molecule has 0 bridgehead atoms. The molecule has 1 fully saturated rings. The molecule has 35 heavy (non-hydrogen) atoms. The number of hydrogen-bond donors (Lipinski definition) is 4. The Morgan fingerprint density at radius 3 is 2.63 bits per heavy atom. The topological polar surface area (TPSA) is 154 Å². The summed E-state index contributed by atoms with van der Waals surface area (Å²) in [5, 5.41) is 16.2. The van der Waals surface area contributed by atoms with Gasteiger partial charge in [-0.1, -0.05) is 36.4 Å². The molecule has 2 aromatic carbocycles. The molecule has 1 saturated heterocycles. The molecule has 1 heterocycles. The second-order valence-electron chi connectivity index (χ2n) is 8.34. The Morgan fingerprint density at radius 2 is 1.97 bits per heavy atom. The van der Waals surface area contributed by atoms with E-state index in [-0.39, 0.29) is 30.4 Å². The Balaban J connectivity index is 1.71. The number of hydrazone groups is 1. The molecule has 1 aliphatic heterocycles. The van der Waals surface area contributed by atoms with Crippen LogP contribution in [0.1, 0.15) is 36.5 Å². The molecule has 188 valence electrons. The van der Waals surface area contributed by atoms with Gasteiger partial charge in [-0.05, 0) is 49.4 Å². The van der Waals surface area contributed by atoms with Crippen molar-refractivity contribution in [3.8, 4) is 5.75 Å². The van der Waals surface area contributed by atoms with E-state index in [9.17, 15) is 23.1 Å². The molecular formula is C24H31N5O5S. The number of rotatable bonds is 10. The number of aromatic hydroxyl groups is 1. The van der Waals surface area contributed by atoms with Gasteiger partial charge in [-0.15, -0.1) is 0 Å². The Kier molecular flexibility index (Phi) is 8.83. The van der Waals surface area contributed by atoms with Crippen molar-refractivity contribution in [2.45, 2.75) is 44.8 Å². The van der Waals surface area contributed by atoms with E-state index in [1.807, 2.05) is 30.3 Å². The Bertz CT molecular complexity index is 1170. The molecule has 3 rings (SSSR count). The summed E-state index contributed by atoms with van der Waals surface area (Å²) in [6.07, 6.45) is 2.61. The van der Waals surface area contributed by atoms with Crippen LogP contribution in [0.3, 0.4) is 0 Å². The van der Waals surface area contributed by atoms with Crippen LogP contribution in [0.4, 0.5) is 0 Å². The molecule has 0 spiro atoms. The Labute approximate surface area is 205 Å². The molecule has 2 amide bonds. The van der Waals surface area contributed by atoms with E-state index in [4.69, 9.17) is 5.84 Å². The molecule has 11 heteroatoms. The molecular weight excluding hydrogens is 470 g/mol. The number of phenolic OH excluding ortho intramolecular Hbond substituents is 1. The van der Waals surface area contributed by atoms with E-state index in [0.717, 1.165) is 5.56 Å². The van der Waals surface area contributed by atoms with Crippen molar-refractivity contribution in [2.75, 3.05) is 12.3 Å². The number of amides is 2. The maximum absolute atomic E-state index is 13.4. The first-order valence-electron chi connectivity index (χ1n) is 11.4. The van der Waals surface area contributed by atoms with Crippen molar-refractivity contribution in [3.05, 3.63) is 65.2 Å². The average Bonchev–Trinajstić information content (AvgIpc) is 3.34. The molecule has 1 aliphatic rings. The van der Waals surface area contributed by atoms with Crippen LogP contribution < -0.4 is 15.9 Å². The van der Waals surface area contributed by atoms with Gasteiger partial charge in [0.1, 0.15) is 17.8 Å². The van der Waals surface area contributed by atoms with E-state index >= 15 is 0 Å². The zero-order valence-corrected chi connectivity index (χ0v) is 20.4. The van der Waals surface area contributed by atoms with E-state index in [2.05, 4.69) is 15.1 Å². The number of nitrogens with zero attached hydrogens (tertiary/aromatic N) is 2. The number of phenols is 1. The van der Waals surface area contributed by atoms with Crippen LogP contribution in [0.15, 0.2) is 53.6 Å². The molecule has 2 atom stereocenters. The maximum atomic E-state index is 13.4. The lowest BCUT2D eigenvalue weighted by atomic mass is 10.0. The highest BCUT2D eigenvalue weighted by Gasteiger charge is 2.38. The number of carbonyl (C=O) groups excluding carboxylic acids is 2. The van der Waals surface area contributed by atoms with Crippen molar-refractivity contribution in [1.82, 2.24) is 14.9 Å². The lowest BCUT2D eigenvalue weighted by Gasteiger charge is -2.28. The first-order chi connectivity index (χ1) is 16.7. The van der Waals surface area contributed by atoms with Gasteiger partial charge in [0.25, 0.3) is 0 Å². The lowest BCUT2D eigenvalue weighted by Crippen LogP contribution is -2.54. The molecule has 0 unspecified atom stereocenters. The number of benzene rings is 2. The highest BCUT2D eigenvalue weighted by molar-refractivity contribution is 7.89. The molecule has 2 aromatic rings. The van der Waals surface area contributed by atoms with E-state index in [0.29, 0.717) is 30.5 Å². The lowest BCUT2D eigenvalue weighted by molar-refractivity contribution is -0.139. The van der Waals surface area contributed by atoms with Crippen molar-refractivity contribution in [1.29, 1.82) is 0 Å². The average molecular weight is 502 g/mol. The van der Waals surface area contributed by atoms with E-state index < -0.39 is 28.0 Å². The fraction of sp³-hybridized carbons (Fsp3) is 0.375. The van der Waals surface area contributed by atoms with Crippen LogP contribution in [0.25, 0.3) is 0 Å². The fourth-order valence-electron chi connectivity index (χ4n) is 4.03. The molecule has 5 N–H and O–H groups in total. The number of carbonyl (C=O) groups is 2. The number of sulfonamides is 1. The normalized spacial score (nSPS) is 16.9. The third-order valence-electron chi connectivity index (χ3n) is 5.90. The molecule has 0 radical (unpaired) electrons. The van der Waals surface area contributed by atoms with Gasteiger partial charge in [-0.2, -0.15) is 5.10 Å². The minimum absolute atomic E-state index is 0.0180. The monoisotopic (exact) mass is 501 g/mol. The third kappa shape index (κ3) is 7.03. The largest absolute Gasteiger partial charge is 0.507 e. The van der Waals surface area contributed by atoms with E-state index in [1.54, 1.807) is 12.1 Å². The number of nitrogens with one attached hydrogen (secondary N) is 2. The van der Waals surface area contributed by atoms with Crippen molar-refractivity contribution < 1.29 is 23.1 Å². The molecule has 0 aromatic heterocycles. The number of nitrogens with two attached hydrogens (primary N) is 1. The summed E-state index contributed by atoms with van der Waals surface area (Å²) in [4.78, 5) is 27.9. The first-order valence-corrected chi connectivity index (χ1v) is 13.1. The summed E-state index contributed by atoms with van der Waals surface area (Å²) in [6.45, 7) is 2.02. The summed E-state index contributed by atoms with van der Waals surface area (Å²) >= 11 is 0. The van der Waals surface area contributed by atoms with Gasteiger partial charge in [0.2, 0.25) is 21.8 Å². The SMILES string of the molecule is CCS(=O)(=O)N[C@H](Cc1ccccc1)C(=O)N1CCC[C@H]1C(=O)NCc1ccc(C=NN)c(O)c1.